The van der Waals surface area contributed by atoms with Crippen molar-refractivity contribution in [2.45, 2.75) is 13.8 Å². The predicted molar refractivity (Wildman–Crippen MR) is 216 cm³/mol. The van der Waals surface area contributed by atoms with Gasteiger partial charge in [-0.1, -0.05) is 132 Å². The number of benzene rings is 7. The van der Waals surface area contributed by atoms with Crippen LogP contribution in [0.15, 0.2) is 164 Å². The van der Waals surface area contributed by atoms with Crippen molar-refractivity contribution >= 4 is 21.8 Å². The first-order valence-electron chi connectivity index (χ1n) is 17.7. The van der Waals surface area contributed by atoms with Gasteiger partial charge in [0.25, 0.3) is 0 Å². The standard InChI is InChI=1S/C48H33N5/c1-31-13-18-34(19-14-31)38-22-25-43-41(28-38)42-29-39(35-20-15-32(2)16-21-35)23-26-44(42)53(43)45-27-33(30-49)17-24-40(45)48-51-46(36-9-5-3-6-10-36)50-47(52-48)37-11-7-4-8-12-37/h3-29H,1-2H3. The molecule has 0 fully saturated rings. The minimum Gasteiger partial charge on any atom is -0.308 e. The van der Waals surface area contributed by atoms with Crippen LogP contribution in [0.5, 0.6) is 0 Å². The number of hydrogen-bond acceptors (Lipinski definition) is 4. The molecule has 7 aromatic carbocycles. The molecule has 250 valence electrons. The second-order valence-electron chi connectivity index (χ2n) is 13.4. The van der Waals surface area contributed by atoms with Crippen molar-refractivity contribution in [1.82, 2.24) is 19.5 Å². The molecule has 0 spiro atoms. The van der Waals surface area contributed by atoms with E-state index in [0.29, 0.717) is 23.0 Å². The highest BCUT2D eigenvalue weighted by atomic mass is 15.1. The Hall–Kier alpha value is -7.16. The Morgan fingerprint density at radius 1 is 0.434 bits per heavy atom. The highest BCUT2D eigenvalue weighted by molar-refractivity contribution is 6.12. The van der Waals surface area contributed by atoms with Crippen LogP contribution in [-0.2, 0) is 0 Å². The number of hydrogen-bond donors (Lipinski definition) is 0. The molecule has 5 heteroatoms. The maximum atomic E-state index is 10.2. The number of nitrogens with zero attached hydrogens (tertiary/aromatic N) is 5. The molecule has 2 heterocycles. The van der Waals surface area contributed by atoms with Gasteiger partial charge < -0.3 is 4.57 Å². The molecule has 0 aliphatic carbocycles. The van der Waals surface area contributed by atoms with Gasteiger partial charge in [0.2, 0.25) is 0 Å². The van der Waals surface area contributed by atoms with Crippen LogP contribution in [0.2, 0.25) is 0 Å². The van der Waals surface area contributed by atoms with Crippen LogP contribution in [0.3, 0.4) is 0 Å². The first kappa shape index (κ1) is 31.8. The van der Waals surface area contributed by atoms with E-state index in [-0.39, 0.29) is 0 Å². The minimum atomic E-state index is 0.528. The molecule has 2 aromatic heterocycles. The molecule has 9 aromatic rings. The van der Waals surface area contributed by atoms with Gasteiger partial charge in [-0.25, -0.2) is 15.0 Å². The molecular formula is C48H33N5. The van der Waals surface area contributed by atoms with Crippen LogP contribution in [0.25, 0.3) is 83.9 Å². The van der Waals surface area contributed by atoms with Crippen LogP contribution in [-0.4, -0.2) is 19.5 Å². The first-order chi connectivity index (χ1) is 26.0. The zero-order valence-electron chi connectivity index (χ0n) is 29.3. The Kier molecular flexibility index (Phi) is 7.91. The summed E-state index contributed by atoms with van der Waals surface area (Å²) in [5, 5.41) is 12.4. The van der Waals surface area contributed by atoms with Crippen molar-refractivity contribution in [2.75, 3.05) is 0 Å². The lowest BCUT2D eigenvalue weighted by atomic mass is 9.99. The van der Waals surface area contributed by atoms with Gasteiger partial charge in [0.05, 0.1) is 28.4 Å². The molecular weight excluding hydrogens is 647 g/mol. The van der Waals surface area contributed by atoms with Crippen molar-refractivity contribution in [3.63, 3.8) is 0 Å². The number of fused-ring (bicyclic) bond motifs is 3. The highest BCUT2D eigenvalue weighted by Gasteiger charge is 2.21. The van der Waals surface area contributed by atoms with E-state index in [1.807, 2.05) is 78.9 Å². The van der Waals surface area contributed by atoms with E-state index >= 15 is 0 Å². The number of nitriles is 1. The maximum absolute atomic E-state index is 10.2. The van der Waals surface area contributed by atoms with Gasteiger partial charge in [0.15, 0.2) is 17.5 Å². The zero-order valence-corrected chi connectivity index (χ0v) is 29.3. The van der Waals surface area contributed by atoms with Crippen LogP contribution >= 0.6 is 0 Å². The number of aryl methyl sites for hydroxylation is 2. The molecule has 0 atom stereocenters. The SMILES string of the molecule is Cc1ccc(-c2ccc3c(c2)c2cc(-c4ccc(C)cc4)ccc2n3-c2cc(C#N)ccc2-c2nc(-c3ccccc3)nc(-c3ccccc3)n2)cc1. The molecule has 0 saturated heterocycles. The zero-order chi connectivity index (χ0) is 35.9. The van der Waals surface area contributed by atoms with Gasteiger partial charge in [-0.3, -0.25) is 0 Å². The van der Waals surface area contributed by atoms with Crippen molar-refractivity contribution in [2.24, 2.45) is 0 Å². The van der Waals surface area contributed by atoms with E-state index in [2.05, 4.69) is 109 Å². The molecule has 0 bridgehead atoms. The Labute approximate surface area is 308 Å². The largest absolute Gasteiger partial charge is 0.308 e. The van der Waals surface area contributed by atoms with Gasteiger partial charge in [0.1, 0.15) is 0 Å². The Bertz CT molecular complexity index is 2670. The number of aromatic nitrogens is 4. The van der Waals surface area contributed by atoms with Crippen LogP contribution in [0.1, 0.15) is 16.7 Å². The van der Waals surface area contributed by atoms with Gasteiger partial charge in [-0.05, 0) is 78.6 Å². The van der Waals surface area contributed by atoms with Gasteiger partial charge >= 0.3 is 0 Å². The van der Waals surface area contributed by atoms with Gasteiger partial charge in [-0.2, -0.15) is 5.26 Å². The average Bonchev–Trinajstić information content (AvgIpc) is 3.54. The summed E-state index contributed by atoms with van der Waals surface area (Å²) in [6.07, 6.45) is 0. The third-order valence-corrected chi connectivity index (χ3v) is 9.84. The van der Waals surface area contributed by atoms with Gasteiger partial charge in [0, 0.05) is 27.5 Å². The fraction of sp³-hybridized carbons (Fsp3) is 0.0417. The summed E-state index contributed by atoms with van der Waals surface area (Å²) in [7, 11) is 0. The van der Waals surface area contributed by atoms with Crippen molar-refractivity contribution in [3.05, 3.63) is 180 Å². The van der Waals surface area contributed by atoms with Crippen molar-refractivity contribution in [3.8, 4) is 68.2 Å². The smallest absolute Gasteiger partial charge is 0.166 e. The lowest BCUT2D eigenvalue weighted by molar-refractivity contribution is 1.06. The van der Waals surface area contributed by atoms with E-state index < -0.39 is 0 Å². The molecule has 0 saturated carbocycles. The Morgan fingerprint density at radius 2 is 0.887 bits per heavy atom. The third kappa shape index (κ3) is 5.93. The summed E-state index contributed by atoms with van der Waals surface area (Å²) in [4.78, 5) is 15.1. The summed E-state index contributed by atoms with van der Waals surface area (Å²) in [5.74, 6) is 1.69. The van der Waals surface area contributed by atoms with Crippen LogP contribution < -0.4 is 0 Å². The van der Waals surface area contributed by atoms with Crippen molar-refractivity contribution < 1.29 is 0 Å². The maximum Gasteiger partial charge on any atom is 0.166 e. The second-order valence-corrected chi connectivity index (χ2v) is 13.4. The van der Waals surface area contributed by atoms with E-state index in [4.69, 9.17) is 15.0 Å². The molecule has 0 amide bonds. The summed E-state index contributed by atoms with van der Waals surface area (Å²) in [5.41, 5.74) is 13.0. The third-order valence-electron chi connectivity index (χ3n) is 9.84. The summed E-state index contributed by atoms with van der Waals surface area (Å²) < 4.78 is 2.26. The lowest BCUT2D eigenvalue weighted by Crippen LogP contribution is -2.04. The molecule has 9 rings (SSSR count). The van der Waals surface area contributed by atoms with E-state index in [1.54, 1.807) is 0 Å². The minimum absolute atomic E-state index is 0.528. The quantitative estimate of drug-likeness (QED) is 0.175. The van der Waals surface area contributed by atoms with E-state index in [0.717, 1.165) is 66.4 Å². The normalized spacial score (nSPS) is 11.2. The summed E-state index contributed by atoms with van der Waals surface area (Å²) >= 11 is 0. The first-order valence-corrected chi connectivity index (χ1v) is 17.7. The summed E-state index contributed by atoms with van der Waals surface area (Å²) in [6.45, 7) is 4.22. The van der Waals surface area contributed by atoms with Crippen molar-refractivity contribution in [1.29, 1.82) is 5.26 Å². The fourth-order valence-corrected chi connectivity index (χ4v) is 7.04. The summed E-state index contributed by atoms with van der Waals surface area (Å²) in [6, 6.07) is 58.7. The molecule has 0 unspecified atom stereocenters. The molecule has 0 aliphatic heterocycles. The Balaban J connectivity index is 1.33. The highest BCUT2D eigenvalue weighted by Crippen LogP contribution is 2.40. The molecule has 0 aliphatic rings. The molecule has 0 N–H and O–H groups in total. The number of rotatable bonds is 6. The topological polar surface area (TPSA) is 67.4 Å². The average molecular weight is 680 g/mol. The van der Waals surface area contributed by atoms with E-state index in [1.165, 1.54) is 11.1 Å². The van der Waals surface area contributed by atoms with Crippen LogP contribution in [0.4, 0.5) is 0 Å². The molecule has 5 nitrogen and oxygen atoms in total. The lowest BCUT2D eigenvalue weighted by Gasteiger charge is -2.15. The Morgan fingerprint density at radius 3 is 1.36 bits per heavy atom. The molecule has 0 radical (unpaired) electrons. The second kappa shape index (κ2) is 13.2. The fourth-order valence-electron chi connectivity index (χ4n) is 7.04. The monoisotopic (exact) mass is 679 g/mol. The predicted octanol–water partition coefficient (Wildman–Crippen LogP) is 11.8. The van der Waals surface area contributed by atoms with E-state index in [9.17, 15) is 5.26 Å². The molecule has 53 heavy (non-hydrogen) atoms. The van der Waals surface area contributed by atoms with Crippen LogP contribution in [0, 0.1) is 25.2 Å². The van der Waals surface area contributed by atoms with Gasteiger partial charge in [-0.15, -0.1) is 0 Å².